The van der Waals surface area contributed by atoms with Crippen molar-refractivity contribution in [2.75, 3.05) is 14.2 Å². The van der Waals surface area contributed by atoms with Crippen LogP contribution in [0.4, 0.5) is 4.79 Å². The lowest BCUT2D eigenvalue weighted by molar-refractivity contribution is -0.111. The number of carbonyl (C=O) groups is 2. The third-order valence-electron chi connectivity index (χ3n) is 4.47. The Morgan fingerprint density at radius 2 is 1.78 bits per heavy atom. The van der Waals surface area contributed by atoms with Crippen molar-refractivity contribution >= 4 is 17.9 Å². The van der Waals surface area contributed by atoms with Gasteiger partial charge in [0.1, 0.15) is 5.75 Å². The Morgan fingerprint density at radius 1 is 1.11 bits per heavy atom. The zero-order valence-corrected chi connectivity index (χ0v) is 15.6. The van der Waals surface area contributed by atoms with Crippen molar-refractivity contribution in [1.29, 1.82) is 0 Å². The van der Waals surface area contributed by atoms with E-state index in [1.165, 1.54) is 4.90 Å². The Hall–Kier alpha value is -3.34. The molecular weight excluding hydrogens is 340 g/mol. The van der Waals surface area contributed by atoms with E-state index in [0.717, 1.165) is 16.7 Å². The molecule has 5 heteroatoms. The lowest BCUT2D eigenvalue weighted by atomic mass is 9.94. The third kappa shape index (κ3) is 4.26. The molecule has 0 aliphatic carbocycles. The van der Waals surface area contributed by atoms with Crippen LogP contribution in [-0.4, -0.2) is 30.9 Å². The van der Waals surface area contributed by atoms with Gasteiger partial charge in [-0.05, 0) is 36.3 Å². The van der Waals surface area contributed by atoms with Gasteiger partial charge < -0.3 is 15.0 Å². The van der Waals surface area contributed by atoms with E-state index in [2.05, 4.69) is 5.32 Å². The lowest BCUT2D eigenvalue weighted by Crippen LogP contribution is -2.43. The topological polar surface area (TPSA) is 58.6 Å². The van der Waals surface area contributed by atoms with E-state index in [-0.39, 0.29) is 11.8 Å². The Morgan fingerprint density at radius 3 is 2.41 bits per heavy atom. The quantitative estimate of drug-likeness (QED) is 0.822. The first kappa shape index (κ1) is 18.5. The number of hydrogen-bond acceptors (Lipinski definition) is 3. The van der Waals surface area contributed by atoms with Gasteiger partial charge in [-0.15, -0.1) is 0 Å². The fourth-order valence-corrected chi connectivity index (χ4v) is 2.86. The van der Waals surface area contributed by atoms with Crippen LogP contribution in [-0.2, 0) is 4.79 Å². The molecule has 1 heterocycles. The molecule has 1 unspecified atom stereocenters. The fourth-order valence-electron chi connectivity index (χ4n) is 2.86. The predicted molar refractivity (Wildman–Crippen MR) is 105 cm³/mol. The van der Waals surface area contributed by atoms with Gasteiger partial charge in [0.25, 0.3) is 0 Å². The summed E-state index contributed by atoms with van der Waals surface area (Å²) in [5.41, 5.74) is 3.44. The lowest BCUT2D eigenvalue weighted by Gasteiger charge is -2.29. The van der Waals surface area contributed by atoms with Gasteiger partial charge in [-0.25, -0.2) is 4.79 Å². The van der Waals surface area contributed by atoms with Crippen LogP contribution in [0.25, 0.3) is 6.08 Å². The molecule has 1 N–H and O–H groups in total. The van der Waals surface area contributed by atoms with E-state index < -0.39 is 6.04 Å². The molecule has 5 nitrogen and oxygen atoms in total. The smallest absolute Gasteiger partial charge is 0.321 e. The molecule has 2 aromatic carbocycles. The number of benzene rings is 2. The summed E-state index contributed by atoms with van der Waals surface area (Å²) in [4.78, 5) is 26.3. The van der Waals surface area contributed by atoms with E-state index in [4.69, 9.17) is 4.74 Å². The highest BCUT2D eigenvalue weighted by atomic mass is 16.5. The maximum absolute atomic E-state index is 12.8. The summed E-state index contributed by atoms with van der Waals surface area (Å²) in [5, 5.41) is 2.88. The summed E-state index contributed by atoms with van der Waals surface area (Å²) in [5.74, 6) is 0.567. The summed E-state index contributed by atoms with van der Waals surface area (Å²) < 4.78 is 5.18. The number of nitrogens with zero attached hydrogens (tertiary/aromatic N) is 1. The first-order valence-electron chi connectivity index (χ1n) is 8.66. The molecule has 0 aromatic heterocycles. The summed E-state index contributed by atoms with van der Waals surface area (Å²) in [6, 6.07) is 14.5. The summed E-state index contributed by atoms with van der Waals surface area (Å²) >= 11 is 0. The van der Waals surface area contributed by atoms with Gasteiger partial charge in [0.15, 0.2) is 5.78 Å². The maximum Gasteiger partial charge on any atom is 0.321 e. The van der Waals surface area contributed by atoms with Gasteiger partial charge in [-0.2, -0.15) is 0 Å². The maximum atomic E-state index is 12.8. The molecule has 0 saturated heterocycles. The van der Waals surface area contributed by atoms with Gasteiger partial charge >= 0.3 is 6.03 Å². The van der Waals surface area contributed by atoms with Crippen molar-refractivity contribution in [1.82, 2.24) is 10.2 Å². The number of urea groups is 1. The Balaban J connectivity index is 1.88. The third-order valence-corrected chi connectivity index (χ3v) is 4.47. The standard InChI is InChI=1S/C22H22N2O3/c1-15-4-6-16(7-5-15)8-13-20(25)19-14-24(2)22(26)23-21(19)17-9-11-18(27-3)12-10-17/h4-14,21H,1-3H3,(H,23,26). The van der Waals surface area contributed by atoms with E-state index in [9.17, 15) is 9.59 Å². The second-order valence-corrected chi connectivity index (χ2v) is 6.46. The number of nitrogens with one attached hydrogen (secondary N) is 1. The second kappa shape index (κ2) is 7.91. The van der Waals surface area contributed by atoms with Gasteiger partial charge in [0, 0.05) is 18.8 Å². The molecule has 0 radical (unpaired) electrons. The molecule has 0 spiro atoms. The number of ketones is 1. The summed E-state index contributed by atoms with van der Waals surface area (Å²) in [7, 11) is 3.22. The molecule has 27 heavy (non-hydrogen) atoms. The minimum absolute atomic E-state index is 0.150. The molecule has 138 valence electrons. The van der Waals surface area contributed by atoms with Crippen LogP contribution in [0, 0.1) is 6.92 Å². The molecular formula is C22H22N2O3. The fraction of sp³-hybridized carbons (Fsp3) is 0.182. The molecule has 1 aliphatic heterocycles. The van der Waals surface area contributed by atoms with Gasteiger partial charge in [0.05, 0.1) is 13.2 Å². The average Bonchev–Trinajstić information content (AvgIpc) is 2.69. The van der Waals surface area contributed by atoms with Crippen molar-refractivity contribution in [3.63, 3.8) is 0 Å². The highest BCUT2D eigenvalue weighted by molar-refractivity contribution is 6.08. The van der Waals surface area contributed by atoms with E-state index in [1.807, 2.05) is 55.5 Å². The van der Waals surface area contributed by atoms with Crippen LogP contribution < -0.4 is 10.1 Å². The van der Waals surface area contributed by atoms with Gasteiger partial charge in [0.2, 0.25) is 0 Å². The normalized spacial score (nSPS) is 16.9. The molecule has 0 fully saturated rings. The highest BCUT2D eigenvalue weighted by Crippen LogP contribution is 2.28. The molecule has 2 aromatic rings. The number of rotatable bonds is 5. The Bertz CT molecular complexity index is 896. The minimum Gasteiger partial charge on any atom is -0.497 e. The average molecular weight is 362 g/mol. The monoisotopic (exact) mass is 362 g/mol. The number of carbonyl (C=O) groups excluding carboxylic acids is 2. The summed E-state index contributed by atoms with van der Waals surface area (Å²) in [6.07, 6.45) is 4.91. The number of amides is 2. The second-order valence-electron chi connectivity index (χ2n) is 6.46. The van der Waals surface area contributed by atoms with Crippen molar-refractivity contribution in [3.05, 3.63) is 83.1 Å². The number of allylic oxidation sites excluding steroid dienone is 1. The van der Waals surface area contributed by atoms with Crippen LogP contribution in [0.1, 0.15) is 22.7 Å². The molecule has 1 aliphatic rings. The highest BCUT2D eigenvalue weighted by Gasteiger charge is 2.29. The van der Waals surface area contributed by atoms with E-state index in [1.54, 1.807) is 32.5 Å². The Kier molecular flexibility index (Phi) is 5.41. The number of hydrogen-bond donors (Lipinski definition) is 1. The van der Waals surface area contributed by atoms with Crippen LogP contribution in [0.3, 0.4) is 0 Å². The van der Waals surface area contributed by atoms with Gasteiger partial charge in [-0.1, -0.05) is 48.0 Å². The minimum atomic E-state index is -0.505. The van der Waals surface area contributed by atoms with Crippen molar-refractivity contribution < 1.29 is 14.3 Å². The zero-order valence-electron chi connectivity index (χ0n) is 15.6. The Labute approximate surface area is 158 Å². The molecule has 1 atom stereocenters. The largest absolute Gasteiger partial charge is 0.497 e. The molecule has 0 saturated carbocycles. The molecule has 3 rings (SSSR count). The van der Waals surface area contributed by atoms with Gasteiger partial charge in [-0.3, -0.25) is 4.79 Å². The molecule has 2 amide bonds. The van der Waals surface area contributed by atoms with Crippen molar-refractivity contribution in [2.45, 2.75) is 13.0 Å². The zero-order chi connectivity index (χ0) is 19.4. The van der Waals surface area contributed by atoms with Crippen molar-refractivity contribution in [3.8, 4) is 5.75 Å². The SMILES string of the molecule is COc1ccc(C2NC(=O)N(C)C=C2C(=O)C=Cc2ccc(C)cc2)cc1. The number of aryl methyl sites for hydroxylation is 1. The van der Waals surface area contributed by atoms with Crippen LogP contribution >= 0.6 is 0 Å². The van der Waals surface area contributed by atoms with Crippen LogP contribution in [0.2, 0.25) is 0 Å². The van der Waals surface area contributed by atoms with E-state index in [0.29, 0.717) is 11.3 Å². The predicted octanol–water partition coefficient (Wildman–Crippen LogP) is 3.87. The first-order valence-corrected chi connectivity index (χ1v) is 8.66. The molecule has 0 bridgehead atoms. The van der Waals surface area contributed by atoms with Crippen LogP contribution in [0.5, 0.6) is 5.75 Å². The number of methoxy groups -OCH3 is 1. The van der Waals surface area contributed by atoms with Crippen molar-refractivity contribution in [2.24, 2.45) is 0 Å². The van der Waals surface area contributed by atoms with Crippen LogP contribution in [0.15, 0.2) is 66.4 Å². The van der Waals surface area contributed by atoms with E-state index >= 15 is 0 Å². The first-order chi connectivity index (χ1) is 13.0. The number of ether oxygens (including phenoxy) is 1. The summed E-state index contributed by atoms with van der Waals surface area (Å²) in [6.45, 7) is 2.02.